The number of hydrogen-bond acceptors (Lipinski definition) is 3. The van der Waals surface area contributed by atoms with Gasteiger partial charge in [-0.2, -0.15) is 0 Å². The number of amides is 1. The van der Waals surface area contributed by atoms with Crippen LogP contribution in [0.25, 0.3) is 0 Å². The van der Waals surface area contributed by atoms with Gasteiger partial charge in [0.05, 0.1) is 6.61 Å². The fourth-order valence-electron chi connectivity index (χ4n) is 1.54. The number of nitrogens with two attached hydrogens (primary N) is 1. The summed E-state index contributed by atoms with van der Waals surface area (Å²) in [6.45, 7) is 1.33. The molecule has 0 aliphatic rings. The van der Waals surface area contributed by atoms with E-state index in [9.17, 15) is 4.79 Å². The van der Waals surface area contributed by atoms with Gasteiger partial charge in [-0.3, -0.25) is 10.2 Å². The summed E-state index contributed by atoms with van der Waals surface area (Å²) in [7, 11) is 0. The Bertz CT molecular complexity index is 372. The van der Waals surface area contributed by atoms with E-state index in [1.165, 1.54) is 0 Å². The highest BCUT2D eigenvalue weighted by Crippen LogP contribution is 2.16. The van der Waals surface area contributed by atoms with Gasteiger partial charge in [0.2, 0.25) is 5.91 Å². The summed E-state index contributed by atoms with van der Waals surface area (Å²) in [4.78, 5) is 10.9. The van der Waals surface area contributed by atoms with Crippen molar-refractivity contribution in [2.75, 3.05) is 6.61 Å². The minimum Gasteiger partial charge on any atom is -0.377 e. The molecule has 4 nitrogen and oxygen atoms in total. The number of benzene rings is 1. The maximum Gasteiger partial charge on any atom is 0.233 e. The van der Waals surface area contributed by atoms with Crippen molar-refractivity contribution in [2.45, 2.75) is 32.3 Å². The molecule has 0 spiro atoms. The van der Waals surface area contributed by atoms with Crippen LogP contribution in [0.3, 0.4) is 0 Å². The molecular weight excluding hydrogens is 296 g/mol. The molecule has 100 valence electrons. The molecule has 0 radical (unpaired) electrons. The fourth-order valence-corrected chi connectivity index (χ4v) is 1.94. The van der Waals surface area contributed by atoms with Gasteiger partial charge >= 0.3 is 0 Å². The van der Waals surface area contributed by atoms with Gasteiger partial charge in [0, 0.05) is 17.5 Å². The molecule has 0 unspecified atom stereocenters. The molecule has 0 aromatic heterocycles. The second kappa shape index (κ2) is 9.08. The number of rotatable bonds is 8. The third-order valence-corrected chi connectivity index (χ3v) is 3.34. The van der Waals surface area contributed by atoms with Crippen molar-refractivity contribution >= 4 is 21.8 Å². The Labute approximate surface area is 116 Å². The molecule has 0 aliphatic carbocycles. The first-order chi connectivity index (χ1) is 8.74. The van der Waals surface area contributed by atoms with Gasteiger partial charge in [-0.15, -0.1) is 0 Å². The zero-order valence-corrected chi connectivity index (χ0v) is 11.9. The Morgan fingerprint density at radius 2 is 2.06 bits per heavy atom. The topological polar surface area (TPSA) is 64.3 Å². The summed E-state index contributed by atoms with van der Waals surface area (Å²) in [5.74, 6) is 4.88. The number of hydrazine groups is 1. The van der Waals surface area contributed by atoms with Gasteiger partial charge in [-0.05, 0) is 24.5 Å². The molecule has 5 heteroatoms. The molecule has 0 atom stereocenters. The van der Waals surface area contributed by atoms with E-state index < -0.39 is 0 Å². The number of nitrogens with one attached hydrogen (secondary N) is 1. The largest absolute Gasteiger partial charge is 0.377 e. The SMILES string of the molecule is NNC(=O)CCCCCOCc1ccccc1Br. The van der Waals surface area contributed by atoms with E-state index in [4.69, 9.17) is 10.6 Å². The Hall–Kier alpha value is -0.910. The zero-order valence-electron chi connectivity index (χ0n) is 10.3. The normalized spacial score (nSPS) is 10.3. The lowest BCUT2D eigenvalue weighted by molar-refractivity contribution is -0.121. The maximum atomic E-state index is 10.9. The molecule has 1 amide bonds. The summed E-state index contributed by atoms with van der Waals surface area (Å²) >= 11 is 3.48. The Balaban J connectivity index is 2.02. The molecule has 0 bridgehead atoms. The van der Waals surface area contributed by atoms with Crippen molar-refractivity contribution in [1.29, 1.82) is 0 Å². The minimum atomic E-state index is -0.107. The molecule has 18 heavy (non-hydrogen) atoms. The molecule has 1 aromatic carbocycles. The van der Waals surface area contributed by atoms with Gasteiger partial charge in [0.15, 0.2) is 0 Å². The molecule has 0 aliphatic heterocycles. The summed E-state index contributed by atoms with van der Waals surface area (Å²) < 4.78 is 6.65. The predicted octanol–water partition coefficient (Wildman–Crippen LogP) is 2.52. The quantitative estimate of drug-likeness (QED) is 0.335. The predicted molar refractivity (Wildman–Crippen MR) is 74.6 cm³/mol. The highest BCUT2D eigenvalue weighted by atomic mass is 79.9. The average Bonchev–Trinajstić information content (AvgIpc) is 2.39. The van der Waals surface area contributed by atoms with Gasteiger partial charge in [-0.25, -0.2) is 5.84 Å². The van der Waals surface area contributed by atoms with Crippen LogP contribution in [0.2, 0.25) is 0 Å². The van der Waals surface area contributed by atoms with Gasteiger partial charge < -0.3 is 4.74 Å². The van der Waals surface area contributed by atoms with Crippen LogP contribution < -0.4 is 11.3 Å². The van der Waals surface area contributed by atoms with Crippen molar-refractivity contribution in [3.8, 4) is 0 Å². The Morgan fingerprint density at radius 3 is 2.78 bits per heavy atom. The minimum absolute atomic E-state index is 0.107. The van der Waals surface area contributed by atoms with Crippen molar-refractivity contribution in [3.63, 3.8) is 0 Å². The van der Waals surface area contributed by atoms with Gasteiger partial charge in [0.1, 0.15) is 0 Å². The first-order valence-corrected chi connectivity index (χ1v) is 6.84. The number of unbranched alkanes of at least 4 members (excludes halogenated alkanes) is 2. The number of halogens is 1. The van der Waals surface area contributed by atoms with Crippen LogP contribution in [0.15, 0.2) is 28.7 Å². The maximum absolute atomic E-state index is 10.9. The van der Waals surface area contributed by atoms with E-state index >= 15 is 0 Å². The third-order valence-electron chi connectivity index (χ3n) is 2.57. The van der Waals surface area contributed by atoms with Crippen LogP contribution in [0.4, 0.5) is 0 Å². The Kier molecular flexibility index (Phi) is 7.64. The summed E-state index contributed by atoms with van der Waals surface area (Å²) in [5.41, 5.74) is 3.27. The standard InChI is InChI=1S/C13H19BrN2O2/c14-12-7-4-3-6-11(12)10-18-9-5-1-2-8-13(17)16-15/h3-4,6-7H,1-2,5,8-10,15H2,(H,16,17). The number of carbonyl (C=O) groups excluding carboxylic acids is 1. The van der Waals surface area contributed by atoms with E-state index in [2.05, 4.69) is 21.4 Å². The lowest BCUT2D eigenvalue weighted by atomic mass is 10.2. The highest BCUT2D eigenvalue weighted by Gasteiger charge is 1.99. The van der Waals surface area contributed by atoms with Crippen molar-refractivity contribution < 1.29 is 9.53 Å². The van der Waals surface area contributed by atoms with Crippen LogP contribution in [-0.4, -0.2) is 12.5 Å². The highest BCUT2D eigenvalue weighted by molar-refractivity contribution is 9.10. The van der Waals surface area contributed by atoms with E-state index in [0.29, 0.717) is 19.6 Å². The molecule has 1 rings (SSSR count). The lowest BCUT2D eigenvalue weighted by Gasteiger charge is -2.06. The smallest absolute Gasteiger partial charge is 0.233 e. The van der Waals surface area contributed by atoms with Crippen molar-refractivity contribution in [1.82, 2.24) is 5.43 Å². The third kappa shape index (κ3) is 6.14. The number of ether oxygens (including phenoxy) is 1. The molecule has 1 aromatic rings. The summed E-state index contributed by atoms with van der Waals surface area (Å²) in [6.07, 6.45) is 3.27. The average molecular weight is 315 g/mol. The molecule has 0 saturated carbocycles. The van der Waals surface area contributed by atoms with Gasteiger partial charge in [-0.1, -0.05) is 40.5 Å². The molecule has 0 fully saturated rings. The molecule has 3 N–H and O–H groups in total. The van der Waals surface area contributed by atoms with Crippen molar-refractivity contribution in [3.05, 3.63) is 34.3 Å². The van der Waals surface area contributed by atoms with Crippen LogP contribution >= 0.6 is 15.9 Å². The summed E-state index contributed by atoms with van der Waals surface area (Å²) in [5, 5.41) is 0. The van der Waals surface area contributed by atoms with E-state index in [0.717, 1.165) is 29.3 Å². The van der Waals surface area contributed by atoms with Crippen LogP contribution in [0.1, 0.15) is 31.2 Å². The molecule has 0 saturated heterocycles. The number of carbonyl (C=O) groups is 1. The van der Waals surface area contributed by atoms with E-state index in [-0.39, 0.29) is 5.91 Å². The summed E-state index contributed by atoms with van der Waals surface area (Å²) in [6, 6.07) is 8.02. The second-order valence-corrected chi connectivity index (χ2v) is 4.88. The number of hydrogen-bond donors (Lipinski definition) is 2. The molecular formula is C13H19BrN2O2. The van der Waals surface area contributed by atoms with E-state index in [1.54, 1.807) is 0 Å². The zero-order chi connectivity index (χ0) is 13.2. The van der Waals surface area contributed by atoms with Gasteiger partial charge in [0.25, 0.3) is 0 Å². The first kappa shape index (κ1) is 15.1. The lowest BCUT2D eigenvalue weighted by Crippen LogP contribution is -2.29. The van der Waals surface area contributed by atoms with Crippen LogP contribution in [0.5, 0.6) is 0 Å². The second-order valence-electron chi connectivity index (χ2n) is 4.02. The van der Waals surface area contributed by atoms with Crippen molar-refractivity contribution in [2.24, 2.45) is 5.84 Å². The van der Waals surface area contributed by atoms with E-state index in [1.807, 2.05) is 24.3 Å². The Morgan fingerprint density at radius 1 is 1.28 bits per heavy atom. The van der Waals surface area contributed by atoms with Crippen LogP contribution in [-0.2, 0) is 16.1 Å². The first-order valence-electron chi connectivity index (χ1n) is 6.04. The fraction of sp³-hybridized carbons (Fsp3) is 0.462. The molecule has 0 heterocycles. The van der Waals surface area contributed by atoms with Crippen LogP contribution in [0, 0.1) is 0 Å². The monoisotopic (exact) mass is 314 g/mol.